The van der Waals surface area contributed by atoms with Gasteiger partial charge in [-0.25, -0.2) is 4.79 Å². The van der Waals surface area contributed by atoms with Gasteiger partial charge in [0.05, 0.1) is 12.1 Å². The molecule has 0 aromatic heterocycles. The van der Waals surface area contributed by atoms with Gasteiger partial charge < -0.3 is 20.3 Å². The minimum Gasteiger partial charge on any atom is -0.445 e. The second-order valence-corrected chi connectivity index (χ2v) is 6.56. The fourth-order valence-electron chi connectivity index (χ4n) is 3.03. The Kier molecular flexibility index (Phi) is 6.20. The van der Waals surface area contributed by atoms with E-state index in [9.17, 15) is 9.59 Å². The average molecular weight is 333 g/mol. The third-order valence-corrected chi connectivity index (χ3v) is 4.23. The first-order valence-electron chi connectivity index (χ1n) is 8.43. The van der Waals surface area contributed by atoms with Crippen LogP contribution in [0.4, 0.5) is 4.79 Å². The van der Waals surface area contributed by atoms with Crippen molar-refractivity contribution in [2.75, 3.05) is 13.1 Å². The third kappa shape index (κ3) is 4.47. The number of nitrogens with zero attached hydrogens (tertiary/aromatic N) is 2. The fourth-order valence-corrected chi connectivity index (χ4v) is 3.03. The van der Waals surface area contributed by atoms with Crippen LogP contribution in [0.3, 0.4) is 0 Å². The molecule has 2 amide bonds. The van der Waals surface area contributed by atoms with Crippen molar-refractivity contribution in [2.45, 2.75) is 51.9 Å². The molecule has 0 radical (unpaired) electrons. The molecule has 2 N–H and O–H groups in total. The first-order chi connectivity index (χ1) is 11.4. The smallest absolute Gasteiger partial charge is 0.410 e. The van der Waals surface area contributed by atoms with E-state index in [-0.39, 0.29) is 30.7 Å². The van der Waals surface area contributed by atoms with Crippen molar-refractivity contribution in [3.63, 3.8) is 0 Å². The number of benzene rings is 1. The molecular weight excluding hydrogens is 306 g/mol. The largest absolute Gasteiger partial charge is 0.445 e. The molecule has 0 spiro atoms. The normalized spacial score (nSPS) is 18.5. The van der Waals surface area contributed by atoms with Crippen molar-refractivity contribution >= 4 is 12.0 Å². The van der Waals surface area contributed by atoms with Gasteiger partial charge in [0.15, 0.2) is 0 Å². The summed E-state index contributed by atoms with van der Waals surface area (Å²) in [5.74, 6) is -0.0705. The van der Waals surface area contributed by atoms with E-state index < -0.39 is 6.04 Å². The topological polar surface area (TPSA) is 75.9 Å². The highest BCUT2D eigenvalue weighted by Gasteiger charge is 2.35. The quantitative estimate of drug-likeness (QED) is 0.894. The lowest BCUT2D eigenvalue weighted by Gasteiger charge is -2.32. The molecular formula is C18H27N3O3. The minimum absolute atomic E-state index is 0.00336. The number of rotatable bonds is 5. The first kappa shape index (κ1) is 18.3. The van der Waals surface area contributed by atoms with Gasteiger partial charge >= 0.3 is 6.09 Å². The van der Waals surface area contributed by atoms with E-state index in [2.05, 4.69) is 0 Å². The molecule has 6 heteroatoms. The summed E-state index contributed by atoms with van der Waals surface area (Å²) < 4.78 is 5.47. The van der Waals surface area contributed by atoms with E-state index in [0.29, 0.717) is 13.1 Å². The molecule has 1 fully saturated rings. The predicted octanol–water partition coefficient (Wildman–Crippen LogP) is 1.98. The van der Waals surface area contributed by atoms with Crippen molar-refractivity contribution in [1.82, 2.24) is 9.80 Å². The molecule has 1 aliphatic heterocycles. The van der Waals surface area contributed by atoms with Crippen molar-refractivity contribution in [1.29, 1.82) is 0 Å². The second-order valence-electron chi connectivity index (χ2n) is 6.56. The minimum atomic E-state index is -0.513. The molecule has 2 atom stereocenters. The van der Waals surface area contributed by atoms with Crippen molar-refractivity contribution in [2.24, 2.45) is 5.73 Å². The van der Waals surface area contributed by atoms with Gasteiger partial charge in [-0.05, 0) is 32.8 Å². The maximum absolute atomic E-state index is 12.5. The summed E-state index contributed by atoms with van der Waals surface area (Å²) in [7, 11) is 0. The lowest BCUT2D eigenvalue weighted by molar-refractivity contribution is -0.131. The molecule has 1 saturated heterocycles. The van der Waals surface area contributed by atoms with Gasteiger partial charge in [-0.2, -0.15) is 0 Å². The third-order valence-electron chi connectivity index (χ3n) is 4.23. The Bertz CT molecular complexity index is 560. The zero-order chi connectivity index (χ0) is 17.7. The van der Waals surface area contributed by atoms with E-state index in [0.717, 1.165) is 12.0 Å². The van der Waals surface area contributed by atoms with Gasteiger partial charge in [0.25, 0.3) is 0 Å². The maximum atomic E-state index is 12.5. The lowest BCUT2D eigenvalue weighted by atomic mass is 10.2. The van der Waals surface area contributed by atoms with Gasteiger partial charge in [-0.15, -0.1) is 0 Å². The molecule has 0 saturated carbocycles. The molecule has 0 aliphatic carbocycles. The number of carbonyl (C=O) groups excluding carboxylic acids is 2. The lowest BCUT2D eigenvalue weighted by Crippen LogP contribution is -2.48. The van der Waals surface area contributed by atoms with Crippen molar-refractivity contribution < 1.29 is 14.3 Å². The van der Waals surface area contributed by atoms with Crippen LogP contribution in [0.15, 0.2) is 30.3 Å². The van der Waals surface area contributed by atoms with E-state index in [4.69, 9.17) is 10.5 Å². The van der Waals surface area contributed by atoms with E-state index >= 15 is 0 Å². The molecule has 2 rings (SSSR count). The average Bonchev–Trinajstić information content (AvgIpc) is 3.02. The molecule has 1 aliphatic rings. The molecule has 1 heterocycles. The Morgan fingerprint density at radius 3 is 2.54 bits per heavy atom. The number of hydrogen-bond acceptors (Lipinski definition) is 4. The number of nitrogens with two attached hydrogens (primary N) is 1. The summed E-state index contributed by atoms with van der Waals surface area (Å²) in [6, 6.07) is 9.06. The van der Waals surface area contributed by atoms with Crippen LogP contribution in [0.1, 0.15) is 32.8 Å². The maximum Gasteiger partial charge on any atom is 0.410 e. The number of amides is 2. The molecule has 0 bridgehead atoms. The standard InChI is InChI=1S/C18H27N3O3/c1-13(2)21(16-9-10-20(11-16)17(22)14(3)19)18(23)24-12-15-7-5-4-6-8-15/h4-8,13-14,16H,9-12,19H2,1-3H3/t14-,16-/m0/s1. The molecule has 1 aromatic carbocycles. The molecule has 24 heavy (non-hydrogen) atoms. The van der Waals surface area contributed by atoms with Crippen LogP contribution in [0, 0.1) is 0 Å². The van der Waals surface area contributed by atoms with E-state index in [1.54, 1.807) is 16.7 Å². The van der Waals surface area contributed by atoms with Crippen LogP contribution in [-0.2, 0) is 16.1 Å². The van der Waals surface area contributed by atoms with Gasteiger partial charge in [0.1, 0.15) is 6.61 Å². The van der Waals surface area contributed by atoms with Gasteiger partial charge in [0, 0.05) is 19.1 Å². The van der Waals surface area contributed by atoms with E-state index in [1.807, 2.05) is 44.2 Å². The molecule has 0 unspecified atom stereocenters. The summed E-state index contributed by atoms with van der Waals surface area (Å²) in [5.41, 5.74) is 6.63. The van der Waals surface area contributed by atoms with Gasteiger partial charge in [0.2, 0.25) is 5.91 Å². The van der Waals surface area contributed by atoms with Crippen molar-refractivity contribution in [3.05, 3.63) is 35.9 Å². The number of likely N-dealkylation sites (tertiary alicyclic amines) is 1. The first-order valence-corrected chi connectivity index (χ1v) is 8.43. The van der Waals surface area contributed by atoms with Crippen LogP contribution in [0.5, 0.6) is 0 Å². The number of carbonyl (C=O) groups is 2. The fraction of sp³-hybridized carbons (Fsp3) is 0.556. The Hall–Kier alpha value is -2.08. The highest BCUT2D eigenvalue weighted by Crippen LogP contribution is 2.20. The highest BCUT2D eigenvalue weighted by atomic mass is 16.6. The van der Waals surface area contributed by atoms with Gasteiger partial charge in [-0.3, -0.25) is 4.79 Å². The second kappa shape index (κ2) is 8.15. The van der Waals surface area contributed by atoms with Crippen LogP contribution in [-0.4, -0.2) is 53.0 Å². The predicted molar refractivity (Wildman–Crippen MR) is 92.2 cm³/mol. The Morgan fingerprint density at radius 2 is 1.96 bits per heavy atom. The van der Waals surface area contributed by atoms with Crippen molar-refractivity contribution in [3.8, 4) is 0 Å². The van der Waals surface area contributed by atoms with Crippen LogP contribution < -0.4 is 5.73 Å². The van der Waals surface area contributed by atoms with E-state index in [1.165, 1.54) is 0 Å². The Labute approximate surface area is 143 Å². The molecule has 1 aromatic rings. The zero-order valence-corrected chi connectivity index (χ0v) is 14.6. The monoisotopic (exact) mass is 333 g/mol. The van der Waals surface area contributed by atoms with Crippen LogP contribution >= 0.6 is 0 Å². The van der Waals surface area contributed by atoms with Crippen LogP contribution in [0.2, 0.25) is 0 Å². The van der Waals surface area contributed by atoms with Gasteiger partial charge in [-0.1, -0.05) is 30.3 Å². The summed E-state index contributed by atoms with van der Waals surface area (Å²) in [5, 5.41) is 0. The number of ether oxygens (including phenoxy) is 1. The summed E-state index contributed by atoms with van der Waals surface area (Å²) in [4.78, 5) is 28.0. The summed E-state index contributed by atoms with van der Waals surface area (Å²) in [6.45, 7) is 6.99. The Morgan fingerprint density at radius 1 is 1.29 bits per heavy atom. The summed E-state index contributed by atoms with van der Waals surface area (Å²) >= 11 is 0. The summed E-state index contributed by atoms with van der Waals surface area (Å²) in [6.07, 6.45) is 0.408. The Balaban J connectivity index is 1.96. The molecule has 132 valence electrons. The van der Waals surface area contributed by atoms with Crippen LogP contribution in [0.25, 0.3) is 0 Å². The molecule has 6 nitrogen and oxygen atoms in total. The zero-order valence-electron chi connectivity index (χ0n) is 14.6. The SMILES string of the molecule is CC(C)N(C(=O)OCc1ccccc1)[C@H]1CCN(C(=O)[C@H](C)N)C1. The number of hydrogen-bond donors (Lipinski definition) is 1. The highest BCUT2D eigenvalue weighted by molar-refractivity contribution is 5.81.